The van der Waals surface area contributed by atoms with E-state index in [1.807, 2.05) is 11.3 Å². The minimum Gasteiger partial charge on any atom is -0.353 e. The summed E-state index contributed by atoms with van der Waals surface area (Å²) in [6.07, 6.45) is 9.97. The van der Waals surface area contributed by atoms with Gasteiger partial charge in [0.1, 0.15) is 6.29 Å². The summed E-state index contributed by atoms with van der Waals surface area (Å²) in [5, 5.41) is 5.57. The predicted octanol–water partition coefficient (Wildman–Crippen LogP) is 5.17. The predicted molar refractivity (Wildman–Crippen MR) is 112 cm³/mol. The SMILES string of the molecule is C[C@]12CC[C@H]3[C@@H](CC[C@H]4NC(=O)CC(c5cccs5)[C@@]43C)[C@@H]1CC[C@@H]2CC=O. The van der Waals surface area contributed by atoms with E-state index in [-0.39, 0.29) is 11.3 Å². The van der Waals surface area contributed by atoms with Crippen LogP contribution in [0.3, 0.4) is 0 Å². The monoisotopic (exact) mass is 399 g/mol. The fraction of sp³-hybridized carbons (Fsp3) is 0.750. The number of thiophene rings is 1. The van der Waals surface area contributed by atoms with Crippen molar-refractivity contribution in [3.05, 3.63) is 22.4 Å². The molecule has 8 atom stereocenters. The van der Waals surface area contributed by atoms with Crippen LogP contribution in [0.5, 0.6) is 0 Å². The summed E-state index contributed by atoms with van der Waals surface area (Å²) in [6, 6.07) is 4.71. The van der Waals surface area contributed by atoms with Gasteiger partial charge in [-0.3, -0.25) is 4.79 Å². The number of carbonyl (C=O) groups excluding carboxylic acids is 2. The van der Waals surface area contributed by atoms with E-state index in [1.165, 1.54) is 37.0 Å². The Morgan fingerprint density at radius 2 is 2.04 bits per heavy atom. The quantitative estimate of drug-likeness (QED) is 0.713. The van der Waals surface area contributed by atoms with E-state index in [0.29, 0.717) is 35.6 Å². The van der Waals surface area contributed by atoms with Gasteiger partial charge in [-0.2, -0.15) is 0 Å². The highest BCUT2D eigenvalue weighted by atomic mass is 32.1. The van der Waals surface area contributed by atoms with Gasteiger partial charge in [-0.05, 0) is 84.5 Å². The Labute approximate surface area is 172 Å². The fourth-order valence-corrected chi connectivity index (χ4v) is 9.26. The van der Waals surface area contributed by atoms with Gasteiger partial charge >= 0.3 is 0 Å². The zero-order valence-corrected chi connectivity index (χ0v) is 18.0. The van der Waals surface area contributed by atoms with Crippen LogP contribution in [0.1, 0.15) is 76.0 Å². The second-order valence-electron chi connectivity index (χ2n) is 10.4. The first-order chi connectivity index (χ1) is 13.5. The zero-order chi connectivity index (χ0) is 19.5. The number of nitrogens with one attached hydrogen (secondary N) is 1. The third-order valence-corrected chi connectivity index (χ3v) is 10.7. The summed E-state index contributed by atoms with van der Waals surface area (Å²) in [7, 11) is 0. The largest absolute Gasteiger partial charge is 0.353 e. The average molecular weight is 400 g/mol. The van der Waals surface area contributed by atoms with Gasteiger partial charge in [-0.15, -0.1) is 11.3 Å². The first-order valence-corrected chi connectivity index (χ1v) is 12.1. The lowest BCUT2D eigenvalue weighted by molar-refractivity contribution is -0.140. The number of amides is 1. The molecule has 4 heteroatoms. The van der Waals surface area contributed by atoms with Crippen molar-refractivity contribution in [1.29, 1.82) is 0 Å². The molecule has 0 radical (unpaired) electrons. The summed E-state index contributed by atoms with van der Waals surface area (Å²) >= 11 is 1.83. The molecule has 1 amide bonds. The molecule has 1 saturated heterocycles. The van der Waals surface area contributed by atoms with E-state index in [1.54, 1.807) is 0 Å². The van der Waals surface area contributed by atoms with E-state index in [4.69, 9.17) is 0 Å². The van der Waals surface area contributed by atoms with E-state index in [0.717, 1.165) is 31.0 Å². The lowest BCUT2D eigenvalue weighted by Crippen LogP contribution is -2.63. The Kier molecular flexibility index (Phi) is 4.50. The minimum atomic E-state index is 0.158. The molecule has 0 bridgehead atoms. The highest BCUT2D eigenvalue weighted by Crippen LogP contribution is 2.67. The second kappa shape index (κ2) is 6.68. The van der Waals surface area contributed by atoms with Gasteiger partial charge in [0.25, 0.3) is 0 Å². The Balaban J connectivity index is 1.51. The molecule has 0 spiro atoms. The molecular weight excluding hydrogens is 366 g/mol. The molecule has 28 heavy (non-hydrogen) atoms. The van der Waals surface area contributed by atoms with E-state index >= 15 is 0 Å². The van der Waals surface area contributed by atoms with Gasteiger partial charge in [-0.1, -0.05) is 19.9 Å². The third-order valence-electron chi connectivity index (χ3n) is 9.71. The van der Waals surface area contributed by atoms with Gasteiger partial charge in [0.2, 0.25) is 5.91 Å². The molecule has 4 fully saturated rings. The molecule has 3 aliphatic carbocycles. The fourth-order valence-electron chi connectivity index (χ4n) is 8.29. The third kappa shape index (κ3) is 2.52. The van der Waals surface area contributed by atoms with Gasteiger partial charge in [-0.25, -0.2) is 0 Å². The lowest BCUT2D eigenvalue weighted by atomic mass is 9.45. The maximum Gasteiger partial charge on any atom is 0.220 e. The number of fused-ring (bicyclic) bond motifs is 5. The number of rotatable bonds is 3. The van der Waals surface area contributed by atoms with E-state index < -0.39 is 0 Å². The van der Waals surface area contributed by atoms with Crippen LogP contribution in [0.4, 0.5) is 0 Å². The molecule has 3 saturated carbocycles. The highest BCUT2D eigenvalue weighted by Gasteiger charge is 2.62. The molecule has 5 rings (SSSR count). The Morgan fingerprint density at radius 3 is 2.79 bits per heavy atom. The summed E-state index contributed by atoms with van der Waals surface area (Å²) in [5.74, 6) is 3.39. The van der Waals surface area contributed by atoms with Crippen molar-refractivity contribution in [2.24, 2.45) is 34.5 Å². The molecule has 1 N–H and O–H groups in total. The van der Waals surface area contributed by atoms with Gasteiger partial charge < -0.3 is 10.1 Å². The first kappa shape index (κ1) is 18.8. The number of hydrogen-bond donors (Lipinski definition) is 1. The molecule has 1 aliphatic heterocycles. The van der Waals surface area contributed by atoms with Crippen molar-refractivity contribution in [2.45, 2.75) is 77.2 Å². The van der Waals surface area contributed by atoms with Crippen LogP contribution < -0.4 is 5.32 Å². The van der Waals surface area contributed by atoms with Crippen LogP contribution in [-0.2, 0) is 9.59 Å². The lowest BCUT2D eigenvalue weighted by Gasteiger charge is -2.62. The summed E-state index contributed by atoms with van der Waals surface area (Å²) in [5.41, 5.74) is 0.507. The summed E-state index contributed by atoms with van der Waals surface area (Å²) < 4.78 is 0. The first-order valence-electron chi connectivity index (χ1n) is 11.2. The molecule has 4 aliphatic rings. The average Bonchev–Trinajstić information content (AvgIpc) is 3.30. The molecule has 0 aromatic carbocycles. The summed E-state index contributed by atoms with van der Waals surface area (Å²) in [6.45, 7) is 4.99. The molecule has 3 nitrogen and oxygen atoms in total. The van der Waals surface area contributed by atoms with Crippen molar-refractivity contribution in [1.82, 2.24) is 5.32 Å². The van der Waals surface area contributed by atoms with Crippen LogP contribution in [0.25, 0.3) is 0 Å². The smallest absolute Gasteiger partial charge is 0.220 e. The van der Waals surface area contributed by atoms with Gasteiger partial charge in [0.05, 0.1) is 0 Å². The summed E-state index contributed by atoms with van der Waals surface area (Å²) in [4.78, 5) is 25.2. The Morgan fingerprint density at radius 1 is 1.18 bits per heavy atom. The molecule has 1 aromatic rings. The molecule has 1 unspecified atom stereocenters. The number of hydrogen-bond acceptors (Lipinski definition) is 3. The standard InChI is InChI=1S/C24H33NO2S/c1-23-11-9-18-16(17(23)7-5-15(23)10-12-26)6-8-21-24(18,2)19(14-22(27)25-21)20-4-3-13-28-20/h3-4,12-13,15-19,21H,5-11,14H2,1-2H3,(H,25,27)/t15-,16+,17+,18+,19?,21-,23-,24+/m1/s1. The number of piperidine rings is 1. The molecular formula is C24H33NO2S. The van der Waals surface area contributed by atoms with Crippen LogP contribution in [0, 0.1) is 34.5 Å². The second-order valence-corrected chi connectivity index (χ2v) is 11.4. The number of aldehydes is 1. The Bertz CT molecular complexity index is 761. The Hall–Kier alpha value is -1.16. The van der Waals surface area contributed by atoms with E-state index in [9.17, 15) is 9.59 Å². The minimum absolute atomic E-state index is 0.158. The normalized spacial score (nSPS) is 47.6. The zero-order valence-electron chi connectivity index (χ0n) is 17.2. The van der Waals surface area contributed by atoms with Gasteiger partial charge in [0, 0.05) is 29.7 Å². The van der Waals surface area contributed by atoms with Crippen molar-refractivity contribution in [2.75, 3.05) is 0 Å². The van der Waals surface area contributed by atoms with Crippen molar-refractivity contribution >= 4 is 23.5 Å². The maximum absolute atomic E-state index is 12.5. The molecule has 1 aromatic heterocycles. The van der Waals surface area contributed by atoms with Crippen molar-refractivity contribution < 1.29 is 9.59 Å². The maximum atomic E-state index is 12.5. The van der Waals surface area contributed by atoms with Crippen LogP contribution in [0.2, 0.25) is 0 Å². The van der Waals surface area contributed by atoms with Crippen molar-refractivity contribution in [3.8, 4) is 0 Å². The van der Waals surface area contributed by atoms with Crippen LogP contribution >= 0.6 is 11.3 Å². The van der Waals surface area contributed by atoms with Gasteiger partial charge in [0.15, 0.2) is 0 Å². The molecule has 2 heterocycles. The van der Waals surface area contributed by atoms with Crippen LogP contribution in [-0.4, -0.2) is 18.2 Å². The van der Waals surface area contributed by atoms with Crippen molar-refractivity contribution in [3.63, 3.8) is 0 Å². The highest BCUT2D eigenvalue weighted by molar-refractivity contribution is 7.10. The topological polar surface area (TPSA) is 46.2 Å². The number of carbonyl (C=O) groups is 2. The van der Waals surface area contributed by atoms with Crippen LogP contribution in [0.15, 0.2) is 17.5 Å². The molecule has 152 valence electrons. The van der Waals surface area contributed by atoms with E-state index in [2.05, 4.69) is 36.7 Å².